The monoisotopic (exact) mass is 244 g/mol. The molecule has 1 aliphatic rings. The van der Waals surface area contributed by atoms with E-state index in [0.29, 0.717) is 6.17 Å². The van der Waals surface area contributed by atoms with Crippen LogP contribution < -0.4 is 0 Å². The molecule has 0 aromatic heterocycles. The maximum Gasteiger partial charge on any atom is 0.127 e. The van der Waals surface area contributed by atoms with E-state index in [1.165, 1.54) is 24.8 Å². The van der Waals surface area contributed by atoms with Crippen LogP contribution in [0, 0.1) is 0 Å². The highest BCUT2D eigenvalue weighted by Gasteiger charge is 2.26. The molecule has 0 radical (unpaired) electrons. The fourth-order valence-corrected chi connectivity index (χ4v) is 2.53. The summed E-state index contributed by atoms with van der Waals surface area (Å²) in [4.78, 5) is 4.92. The van der Waals surface area contributed by atoms with E-state index in [-0.39, 0.29) is 0 Å². The molecule has 0 bridgehead atoms. The van der Waals surface area contributed by atoms with Gasteiger partial charge in [-0.3, -0.25) is 0 Å². The highest BCUT2D eigenvalue weighted by molar-refractivity contribution is 5.21. The maximum atomic E-state index is 2.47. The molecule has 1 aromatic rings. The van der Waals surface area contributed by atoms with Crippen LogP contribution in [0.4, 0.5) is 0 Å². The van der Waals surface area contributed by atoms with Crippen molar-refractivity contribution in [2.75, 3.05) is 13.1 Å². The summed E-state index contributed by atoms with van der Waals surface area (Å²) >= 11 is 0. The minimum absolute atomic E-state index is 0.401. The van der Waals surface area contributed by atoms with Crippen LogP contribution in [0.3, 0.4) is 0 Å². The van der Waals surface area contributed by atoms with Gasteiger partial charge in [-0.1, -0.05) is 50.6 Å². The first-order valence-corrected chi connectivity index (χ1v) is 7.11. The zero-order valence-electron chi connectivity index (χ0n) is 11.5. The molecule has 0 amide bonds. The molecule has 1 atom stereocenters. The molecule has 2 nitrogen and oxygen atoms in total. The lowest BCUT2D eigenvalue weighted by molar-refractivity contribution is 0.153. The second kappa shape index (κ2) is 6.48. The van der Waals surface area contributed by atoms with Crippen molar-refractivity contribution in [3.05, 3.63) is 48.3 Å². The first-order valence-electron chi connectivity index (χ1n) is 7.11. The van der Waals surface area contributed by atoms with Crippen LogP contribution in [0.5, 0.6) is 0 Å². The second-order valence-corrected chi connectivity index (χ2v) is 4.91. The normalized spacial score (nSPS) is 18.7. The topological polar surface area (TPSA) is 6.48 Å². The van der Waals surface area contributed by atoms with E-state index >= 15 is 0 Å². The van der Waals surface area contributed by atoms with Crippen molar-refractivity contribution in [2.45, 2.75) is 39.3 Å². The Bertz CT molecular complexity index is 372. The summed E-state index contributed by atoms with van der Waals surface area (Å²) in [6, 6.07) is 10.8. The Morgan fingerprint density at radius 2 is 1.56 bits per heavy atom. The van der Waals surface area contributed by atoms with Gasteiger partial charge in [-0.2, -0.15) is 0 Å². The van der Waals surface area contributed by atoms with Gasteiger partial charge in [-0.25, -0.2) is 0 Å². The quantitative estimate of drug-likeness (QED) is 0.746. The van der Waals surface area contributed by atoms with Crippen LogP contribution in [0.1, 0.15) is 44.8 Å². The van der Waals surface area contributed by atoms with Crippen LogP contribution in [0.15, 0.2) is 42.7 Å². The molecule has 0 aliphatic carbocycles. The molecule has 0 N–H and O–H groups in total. The standard InChI is InChI=1S/C16H24N2/c1-3-5-12-18-14-13-17(11-4-2)16(18)15-9-7-6-8-10-15/h6-10,13-14,16H,3-5,11-12H2,1-2H3. The molecule has 0 saturated carbocycles. The molecule has 2 rings (SSSR count). The molecule has 1 heterocycles. The summed E-state index contributed by atoms with van der Waals surface area (Å²) in [7, 11) is 0. The van der Waals surface area contributed by atoms with Gasteiger partial charge in [0.25, 0.3) is 0 Å². The van der Waals surface area contributed by atoms with Crippen molar-refractivity contribution in [3.8, 4) is 0 Å². The van der Waals surface area contributed by atoms with Crippen molar-refractivity contribution in [2.24, 2.45) is 0 Å². The highest BCUT2D eigenvalue weighted by atomic mass is 15.4. The highest BCUT2D eigenvalue weighted by Crippen LogP contribution is 2.30. The van der Waals surface area contributed by atoms with E-state index in [1.807, 2.05) is 0 Å². The van der Waals surface area contributed by atoms with Gasteiger partial charge < -0.3 is 9.80 Å². The average molecular weight is 244 g/mol. The summed E-state index contributed by atoms with van der Waals surface area (Å²) in [6.45, 7) is 6.76. The number of rotatable bonds is 6. The third-order valence-electron chi connectivity index (χ3n) is 3.43. The van der Waals surface area contributed by atoms with E-state index in [4.69, 9.17) is 0 Å². The van der Waals surface area contributed by atoms with Crippen molar-refractivity contribution >= 4 is 0 Å². The Labute approximate surface area is 111 Å². The first kappa shape index (κ1) is 13.0. The van der Waals surface area contributed by atoms with E-state index in [9.17, 15) is 0 Å². The lowest BCUT2D eigenvalue weighted by Gasteiger charge is -2.33. The van der Waals surface area contributed by atoms with Crippen LogP contribution in [0.2, 0.25) is 0 Å². The zero-order valence-corrected chi connectivity index (χ0v) is 11.5. The zero-order chi connectivity index (χ0) is 12.8. The van der Waals surface area contributed by atoms with Crippen molar-refractivity contribution in [3.63, 3.8) is 0 Å². The largest absolute Gasteiger partial charge is 0.352 e. The van der Waals surface area contributed by atoms with Crippen molar-refractivity contribution < 1.29 is 0 Å². The van der Waals surface area contributed by atoms with E-state index in [1.54, 1.807) is 0 Å². The molecule has 0 saturated heterocycles. The molecule has 1 unspecified atom stereocenters. The maximum absolute atomic E-state index is 2.47. The van der Waals surface area contributed by atoms with Crippen LogP contribution in [0.25, 0.3) is 0 Å². The number of unbranched alkanes of at least 4 members (excludes halogenated alkanes) is 1. The SMILES string of the molecule is CCCCN1C=CN(CCC)C1c1ccccc1. The van der Waals surface area contributed by atoms with Crippen LogP contribution in [-0.2, 0) is 0 Å². The van der Waals surface area contributed by atoms with E-state index in [0.717, 1.165) is 13.1 Å². The molecular formula is C16H24N2. The van der Waals surface area contributed by atoms with Gasteiger partial charge >= 0.3 is 0 Å². The summed E-state index contributed by atoms with van der Waals surface area (Å²) in [5.41, 5.74) is 1.40. The summed E-state index contributed by atoms with van der Waals surface area (Å²) in [5.74, 6) is 0. The smallest absolute Gasteiger partial charge is 0.127 e. The minimum atomic E-state index is 0.401. The van der Waals surface area contributed by atoms with Gasteiger partial charge in [0.15, 0.2) is 0 Å². The first-order chi connectivity index (χ1) is 8.86. The van der Waals surface area contributed by atoms with Crippen LogP contribution in [-0.4, -0.2) is 22.9 Å². The number of nitrogens with zero attached hydrogens (tertiary/aromatic N) is 2. The van der Waals surface area contributed by atoms with Crippen molar-refractivity contribution in [1.29, 1.82) is 0 Å². The lowest BCUT2D eigenvalue weighted by Crippen LogP contribution is -2.31. The molecular weight excluding hydrogens is 220 g/mol. The van der Waals surface area contributed by atoms with E-state index in [2.05, 4.69) is 66.4 Å². The van der Waals surface area contributed by atoms with Gasteiger partial charge in [0.2, 0.25) is 0 Å². The number of hydrogen-bond donors (Lipinski definition) is 0. The predicted molar refractivity (Wildman–Crippen MR) is 76.9 cm³/mol. The molecule has 1 aromatic carbocycles. The Morgan fingerprint density at radius 3 is 2.17 bits per heavy atom. The molecule has 0 fully saturated rings. The molecule has 2 heteroatoms. The van der Waals surface area contributed by atoms with Gasteiger partial charge in [-0.05, 0) is 18.4 Å². The lowest BCUT2D eigenvalue weighted by atomic mass is 10.1. The van der Waals surface area contributed by atoms with Crippen molar-refractivity contribution in [1.82, 2.24) is 9.80 Å². The third-order valence-corrected chi connectivity index (χ3v) is 3.43. The Morgan fingerprint density at radius 1 is 0.889 bits per heavy atom. The summed E-state index contributed by atoms with van der Waals surface area (Å²) in [5, 5.41) is 0. The van der Waals surface area contributed by atoms with Gasteiger partial charge in [0.05, 0.1) is 0 Å². The summed E-state index contributed by atoms with van der Waals surface area (Å²) in [6.07, 6.45) is 8.60. The van der Waals surface area contributed by atoms with E-state index < -0.39 is 0 Å². The van der Waals surface area contributed by atoms with Gasteiger partial charge in [0.1, 0.15) is 6.17 Å². The van der Waals surface area contributed by atoms with Gasteiger partial charge in [-0.15, -0.1) is 0 Å². The summed E-state index contributed by atoms with van der Waals surface area (Å²) < 4.78 is 0. The fourth-order valence-electron chi connectivity index (χ4n) is 2.53. The molecule has 0 spiro atoms. The van der Waals surface area contributed by atoms with Crippen LogP contribution >= 0.6 is 0 Å². The Balaban J connectivity index is 2.14. The molecule has 98 valence electrons. The number of hydrogen-bond acceptors (Lipinski definition) is 2. The number of benzene rings is 1. The minimum Gasteiger partial charge on any atom is -0.352 e. The predicted octanol–water partition coefficient (Wildman–Crippen LogP) is 3.98. The Kier molecular flexibility index (Phi) is 4.68. The third kappa shape index (κ3) is 2.87. The molecule has 18 heavy (non-hydrogen) atoms. The molecule has 1 aliphatic heterocycles. The average Bonchev–Trinajstić information content (AvgIpc) is 2.81. The second-order valence-electron chi connectivity index (χ2n) is 4.91. The van der Waals surface area contributed by atoms with Gasteiger partial charge in [0, 0.05) is 25.5 Å². The fraction of sp³-hybridized carbons (Fsp3) is 0.500. The Hall–Kier alpha value is -1.44.